The van der Waals surface area contributed by atoms with Crippen LogP contribution in [0.5, 0.6) is 0 Å². The summed E-state index contributed by atoms with van der Waals surface area (Å²) in [6.45, 7) is 0.297. The maximum Gasteiger partial charge on any atom is 0.337 e. The van der Waals surface area contributed by atoms with Gasteiger partial charge in [-0.3, -0.25) is 14.2 Å². The van der Waals surface area contributed by atoms with Crippen molar-refractivity contribution in [2.75, 3.05) is 6.54 Å². The summed E-state index contributed by atoms with van der Waals surface area (Å²) in [5.41, 5.74) is 11.3. The normalized spacial score (nSPS) is 11.1. The molecule has 0 spiro atoms. The van der Waals surface area contributed by atoms with Crippen molar-refractivity contribution in [2.45, 2.75) is 6.42 Å². The van der Waals surface area contributed by atoms with Crippen LogP contribution in [0, 0.1) is 5.82 Å². The van der Waals surface area contributed by atoms with Gasteiger partial charge in [0.2, 0.25) is 5.91 Å². The van der Waals surface area contributed by atoms with E-state index < -0.39 is 23.0 Å². The molecule has 1 amide bonds. The van der Waals surface area contributed by atoms with Crippen LogP contribution >= 0.6 is 0 Å². The van der Waals surface area contributed by atoms with Crippen LogP contribution in [0.2, 0.25) is 0 Å². The Bertz CT molecular complexity index is 1480. The lowest BCUT2D eigenvalue weighted by molar-refractivity contribution is 0.0999. The third kappa shape index (κ3) is 3.54. The van der Waals surface area contributed by atoms with Crippen LogP contribution in [0.3, 0.4) is 0 Å². The maximum atomic E-state index is 13.3. The summed E-state index contributed by atoms with van der Waals surface area (Å²) in [5, 5.41) is 8.16. The predicted octanol–water partition coefficient (Wildman–Crippen LogP) is 0.281. The van der Waals surface area contributed by atoms with Gasteiger partial charge in [-0.05, 0) is 54.9 Å². The lowest BCUT2D eigenvalue weighted by Crippen LogP contribution is -2.38. The van der Waals surface area contributed by atoms with Gasteiger partial charge in [0.05, 0.1) is 5.69 Å². The van der Waals surface area contributed by atoms with Crippen molar-refractivity contribution in [3.8, 4) is 17.1 Å². The number of amides is 1. The second-order valence-electron chi connectivity index (χ2n) is 7.04. The minimum atomic E-state index is -0.672. The zero-order valence-electron chi connectivity index (χ0n) is 16.9. The highest BCUT2D eigenvalue weighted by Crippen LogP contribution is 2.21. The number of primary amides is 1. The van der Waals surface area contributed by atoms with E-state index in [0.717, 1.165) is 9.13 Å². The minimum Gasteiger partial charge on any atom is -0.366 e. The molecule has 0 radical (unpaired) electrons. The molecule has 2 aromatic heterocycles. The smallest absolute Gasteiger partial charge is 0.337 e. The van der Waals surface area contributed by atoms with Gasteiger partial charge in [0.1, 0.15) is 5.82 Å². The minimum absolute atomic E-state index is 0.0654. The van der Waals surface area contributed by atoms with Crippen LogP contribution in [0.4, 0.5) is 4.39 Å². The van der Waals surface area contributed by atoms with Gasteiger partial charge in [-0.2, -0.15) is 0 Å². The van der Waals surface area contributed by atoms with Gasteiger partial charge in [0.15, 0.2) is 17.0 Å². The molecule has 2 aromatic carbocycles. The van der Waals surface area contributed by atoms with E-state index in [-0.39, 0.29) is 17.0 Å². The molecule has 4 rings (SSSR count). The van der Waals surface area contributed by atoms with Crippen molar-refractivity contribution in [3.63, 3.8) is 0 Å². The fourth-order valence-corrected chi connectivity index (χ4v) is 3.38. The first-order valence-corrected chi connectivity index (χ1v) is 9.57. The Hall–Kier alpha value is -4.25. The summed E-state index contributed by atoms with van der Waals surface area (Å²) in [7, 11) is 1.31. The molecule has 2 heterocycles. The van der Waals surface area contributed by atoms with Crippen molar-refractivity contribution < 1.29 is 9.18 Å². The number of nitrogens with two attached hydrogens (primary N) is 2. The number of nitrogens with zero attached hydrogens (tertiary/aromatic N) is 5. The highest BCUT2D eigenvalue weighted by atomic mass is 19.1. The second kappa shape index (κ2) is 8.12. The summed E-state index contributed by atoms with van der Waals surface area (Å²) < 4.78 is 15.4. The van der Waals surface area contributed by atoms with Crippen LogP contribution in [0.15, 0.2) is 52.1 Å². The van der Waals surface area contributed by atoms with E-state index in [1.54, 1.807) is 12.1 Å². The average molecular weight is 435 g/mol. The molecule has 0 aliphatic carbocycles. The van der Waals surface area contributed by atoms with Gasteiger partial charge < -0.3 is 11.5 Å². The van der Waals surface area contributed by atoms with E-state index in [1.165, 1.54) is 37.4 Å². The van der Waals surface area contributed by atoms with Gasteiger partial charge in [-0.15, -0.1) is 10.2 Å². The van der Waals surface area contributed by atoms with Crippen molar-refractivity contribution in [2.24, 2.45) is 18.5 Å². The maximum absolute atomic E-state index is 13.3. The average Bonchev–Trinajstić information content (AvgIpc) is 2.79. The first kappa shape index (κ1) is 21.0. The molecule has 0 fully saturated rings. The molecule has 4 N–H and O–H groups in total. The molecule has 0 atom stereocenters. The van der Waals surface area contributed by atoms with E-state index in [2.05, 4.69) is 15.2 Å². The Labute approximate surface area is 180 Å². The monoisotopic (exact) mass is 435 g/mol. The third-order valence-corrected chi connectivity index (χ3v) is 4.99. The fourth-order valence-electron chi connectivity index (χ4n) is 3.38. The van der Waals surface area contributed by atoms with Crippen LogP contribution < -0.4 is 22.7 Å². The van der Waals surface area contributed by atoms with E-state index in [4.69, 9.17) is 11.5 Å². The third-order valence-electron chi connectivity index (χ3n) is 4.99. The molecule has 0 aliphatic heterocycles. The molecule has 0 bridgehead atoms. The zero-order valence-corrected chi connectivity index (χ0v) is 16.9. The molecule has 0 saturated carbocycles. The molecule has 162 valence electrons. The Kier molecular flexibility index (Phi) is 5.33. The number of fused-ring (bicyclic) bond motifs is 1. The lowest BCUT2D eigenvalue weighted by atomic mass is 10.0. The first-order chi connectivity index (χ1) is 15.3. The van der Waals surface area contributed by atoms with Crippen molar-refractivity contribution >= 4 is 17.1 Å². The largest absolute Gasteiger partial charge is 0.366 e. The molecule has 0 unspecified atom stereocenters. The number of aromatic nitrogens is 5. The Morgan fingerprint density at radius 3 is 2.47 bits per heavy atom. The van der Waals surface area contributed by atoms with Gasteiger partial charge >= 0.3 is 5.69 Å². The Morgan fingerprint density at radius 1 is 1.09 bits per heavy atom. The standard InChI is InChI=1S/C21H18FN7O3/c1-28-20(31)16-19(29(21(28)32)14-5-3-13(22)4-6-14)27-26-18(25-16)12-2-7-15(17(24)30)11(10-12)8-9-23/h2-7,10H,8-9,23H2,1H3,(H2,24,30). The van der Waals surface area contributed by atoms with Crippen LogP contribution in [0.1, 0.15) is 15.9 Å². The van der Waals surface area contributed by atoms with Crippen LogP contribution in [-0.4, -0.2) is 36.8 Å². The number of hydrogen-bond donors (Lipinski definition) is 2. The zero-order chi connectivity index (χ0) is 23.0. The summed E-state index contributed by atoms with van der Waals surface area (Å²) >= 11 is 0. The topological polar surface area (TPSA) is 152 Å². The van der Waals surface area contributed by atoms with E-state index >= 15 is 0 Å². The predicted molar refractivity (Wildman–Crippen MR) is 115 cm³/mol. The SMILES string of the molecule is Cn1c(=O)c2nc(-c3ccc(C(N)=O)c(CCN)c3)nnc2n(-c2ccc(F)cc2)c1=O. The van der Waals surface area contributed by atoms with E-state index in [1.807, 2.05) is 0 Å². The molecular weight excluding hydrogens is 417 g/mol. The number of rotatable bonds is 5. The first-order valence-electron chi connectivity index (χ1n) is 9.57. The molecule has 32 heavy (non-hydrogen) atoms. The highest BCUT2D eigenvalue weighted by Gasteiger charge is 2.18. The number of hydrogen-bond acceptors (Lipinski definition) is 7. The molecule has 10 nitrogen and oxygen atoms in total. The number of carbonyl (C=O) groups is 1. The van der Waals surface area contributed by atoms with Crippen molar-refractivity contribution in [1.29, 1.82) is 0 Å². The van der Waals surface area contributed by atoms with Gasteiger partial charge in [-0.1, -0.05) is 6.07 Å². The van der Waals surface area contributed by atoms with Gasteiger partial charge in [0.25, 0.3) is 5.56 Å². The van der Waals surface area contributed by atoms with E-state index in [9.17, 15) is 18.8 Å². The Morgan fingerprint density at radius 2 is 1.81 bits per heavy atom. The van der Waals surface area contributed by atoms with Crippen LogP contribution in [-0.2, 0) is 13.5 Å². The summed E-state index contributed by atoms with van der Waals surface area (Å²) in [6.07, 6.45) is 0.402. The lowest BCUT2D eigenvalue weighted by Gasteiger charge is -2.12. The molecular formula is C21H18FN7O3. The van der Waals surface area contributed by atoms with Crippen LogP contribution in [0.25, 0.3) is 28.2 Å². The molecule has 0 aliphatic rings. The summed E-state index contributed by atoms with van der Waals surface area (Å²) in [6, 6.07) is 9.93. The van der Waals surface area contributed by atoms with E-state index in [0.29, 0.717) is 35.3 Å². The quantitative estimate of drug-likeness (QED) is 0.457. The molecule has 11 heteroatoms. The number of halogens is 1. The Balaban J connectivity index is 1.95. The molecule has 4 aromatic rings. The highest BCUT2D eigenvalue weighted by molar-refractivity contribution is 5.95. The second-order valence-corrected chi connectivity index (χ2v) is 7.04. The van der Waals surface area contributed by atoms with Gasteiger partial charge in [0, 0.05) is 18.2 Å². The number of benzene rings is 2. The van der Waals surface area contributed by atoms with Crippen molar-refractivity contribution in [3.05, 3.63) is 80.2 Å². The summed E-state index contributed by atoms with van der Waals surface area (Å²) in [4.78, 5) is 41.5. The number of carbonyl (C=O) groups excluding carboxylic acids is 1. The summed E-state index contributed by atoms with van der Waals surface area (Å²) in [5.74, 6) is -0.946. The van der Waals surface area contributed by atoms with Gasteiger partial charge in [-0.25, -0.2) is 18.7 Å². The van der Waals surface area contributed by atoms with Crippen molar-refractivity contribution in [1.82, 2.24) is 24.3 Å². The fraction of sp³-hybridized carbons (Fsp3) is 0.143. The molecule has 0 saturated heterocycles.